The van der Waals surface area contributed by atoms with Gasteiger partial charge in [-0.1, -0.05) is 49.2 Å². The molecule has 0 bridgehead atoms. The van der Waals surface area contributed by atoms with Gasteiger partial charge in [-0.3, -0.25) is 29.3 Å². The number of rotatable bonds is 18. The second-order valence-corrected chi connectivity index (χ2v) is 19.2. The maximum Gasteiger partial charge on any atom is 0.272 e. The number of ether oxygens (including phenoxy) is 1. The predicted octanol–water partition coefficient (Wildman–Crippen LogP) is 5.34. The third kappa shape index (κ3) is 12.5. The van der Waals surface area contributed by atoms with E-state index in [-0.39, 0.29) is 61.4 Å². The number of nitrogens with one attached hydrogen (secondary N) is 3. The number of carbonyl (C=O) groups excluding carboxylic acids is 5. The number of aromatic nitrogens is 4. The first-order chi connectivity index (χ1) is 32.4. The molecule has 2 aromatic heterocycles. The van der Waals surface area contributed by atoms with E-state index in [2.05, 4.69) is 47.9 Å². The van der Waals surface area contributed by atoms with Crippen LogP contribution in [0.4, 0.5) is 21.7 Å². The van der Waals surface area contributed by atoms with E-state index in [1.54, 1.807) is 35.4 Å². The Balaban J connectivity index is 0.673. The molecular weight excluding hydrogens is 878 g/mol. The van der Waals surface area contributed by atoms with Crippen LogP contribution in [0.15, 0.2) is 76.9 Å². The van der Waals surface area contributed by atoms with E-state index in [0.29, 0.717) is 37.4 Å². The minimum absolute atomic E-state index is 0.0232. The fourth-order valence-electron chi connectivity index (χ4n) is 8.81. The Hall–Kier alpha value is -6.05. The van der Waals surface area contributed by atoms with Crippen molar-refractivity contribution >= 4 is 58.6 Å². The van der Waals surface area contributed by atoms with Gasteiger partial charge in [-0.15, -0.1) is 10.2 Å². The fraction of sp³-hybridized carbons (Fsp3) is 0.479. The highest BCUT2D eigenvalue weighted by atomic mass is 32.2. The zero-order chi connectivity index (χ0) is 46.9. The Labute approximate surface area is 393 Å². The summed E-state index contributed by atoms with van der Waals surface area (Å²) in [5.41, 5.74) is 9.01. The van der Waals surface area contributed by atoms with E-state index in [4.69, 9.17) is 10.5 Å². The molecule has 0 radical (unpaired) electrons. The molecule has 0 saturated carbocycles. The Kier molecular flexibility index (Phi) is 15.4. The maximum atomic E-state index is 15.2. The van der Waals surface area contributed by atoms with Crippen molar-refractivity contribution in [1.82, 2.24) is 35.7 Å². The molecule has 3 unspecified atom stereocenters. The van der Waals surface area contributed by atoms with Crippen LogP contribution in [0.2, 0.25) is 0 Å². The fourth-order valence-corrected chi connectivity index (χ4v) is 9.60. The van der Waals surface area contributed by atoms with Crippen molar-refractivity contribution in [2.24, 2.45) is 5.73 Å². The van der Waals surface area contributed by atoms with E-state index in [0.717, 1.165) is 90.6 Å². The number of benzene rings is 2. The van der Waals surface area contributed by atoms with Crippen LogP contribution in [0.3, 0.4) is 0 Å². The number of alkyl halides is 1. The van der Waals surface area contributed by atoms with E-state index in [9.17, 15) is 24.0 Å². The van der Waals surface area contributed by atoms with Crippen LogP contribution >= 0.6 is 11.8 Å². The molecule has 0 aliphatic carbocycles. The van der Waals surface area contributed by atoms with Crippen molar-refractivity contribution in [2.75, 3.05) is 47.9 Å². The number of hydrogen-bond donors (Lipinski definition) is 4. The number of amides is 5. The summed E-state index contributed by atoms with van der Waals surface area (Å²) in [5.74, 6) is -0.188. The summed E-state index contributed by atoms with van der Waals surface area (Å²) in [6.45, 7) is 5.36. The number of piperidine rings is 3. The highest BCUT2D eigenvalue weighted by Crippen LogP contribution is 2.31. The third-order valence-corrected chi connectivity index (χ3v) is 13.7. The van der Waals surface area contributed by atoms with Crippen LogP contribution in [0.25, 0.3) is 0 Å². The third-order valence-electron chi connectivity index (χ3n) is 12.8. The highest BCUT2D eigenvalue weighted by Gasteiger charge is 2.39. The standard InChI is InChI=1S/C48H58FN11O6S/c1-48(50)18-21-58(22-19-48)41-27-52-44(28-51-41)67-34-9-7-8-33(25-34)54-42(61)10-5-3-2-4-6-23-66-39-17-20-59(30-36(39)49)40-15-13-37(56-57-40)45(63)53-26-31-11-12-35-32(24-31)29-60(47(35)65)38-14-16-43(62)55-46(38)64/h7-9,11-13,15,24-25,27-28,36,38-39H,2-6,10,14,16-23,26,29-30,50H2,1H3,(H,53,63)(H,54,61)(H,55,62,64). The largest absolute Gasteiger partial charge is 0.375 e. The first kappa shape index (κ1) is 47.4. The molecule has 5 amide bonds. The van der Waals surface area contributed by atoms with Gasteiger partial charge in [0, 0.05) is 73.9 Å². The predicted molar refractivity (Wildman–Crippen MR) is 250 cm³/mol. The molecule has 17 nitrogen and oxygen atoms in total. The average molecular weight is 936 g/mol. The lowest BCUT2D eigenvalue weighted by atomic mass is 9.91. The van der Waals surface area contributed by atoms with Gasteiger partial charge in [0.1, 0.15) is 23.1 Å². The normalized spacial score (nSPS) is 20.4. The monoisotopic (exact) mass is 935 g/mol. The first-order valence-electron chi connectivity index (χ1n) is 23.2. The molecule has 3 atom stereocenters. The van der Waals surface area contributed by atoms with Crippen LogP contribution in [0.1, 0.15) is 110 Å². The lowest BCUT2D eigenvalue weighted by Gasteiger charge is -2.37. The summed E-state index contributed by atoms with van der Waals surface area (Å²) in [6.07, 6.45) is 9.51. The molecule has 4 aliphatic rings. The summed E-state index contributed by atoms with van der Waals surface area (Å²) in [4.78, 5) is 78.3. The molecule has 19 heteroatoms. The number of carbonyl (C=O) groups is 5. The second-order valence-electron chi connectivity index (χ2n) is 18.1. The Morgan fingerprint density at radius 3 is 2.51 bits per heavy atom. The van der Waals surface area contributed by atoms with Crippen LogP contribution in [-0.2, 0) is 32.2 Å². The molecule has 6 heterocycles. The van der Waals surface area contributed by atoms with E-state index in [1.165, 1.54) is 16.7 Å². The summed E-state index contributed by atoms with van der Waals surface area (Å²) >= 11 is 1.50. The minimum Gasteiger partial charge on any atom is -0.375 e. The summed E-state index contributed by atoms with van der Waals surface area (Å²) in [6, 6.07) is 15.5. The number of halogens is 1. The molecule has 5 N–H and O–H groups in total. The number of anilines is 3. The number of imide groups is 1. The van der Waals surface area contributed by atoms with Gasteiger partial charge in [-0.05, 0) is 93.0 Å². The zero-order valence-corrected chi connectivity index (χ0v) is 38.6. The van der Waals surface area contributed by atoms with Crippen molar-refractivity contribution in [3.8, 4) is 0 Å². The van der Waals surface area contributed by atoms with Crippen molar-refractivity contribution in [2.45, 2.75) is 124 Å². The maximum absolute atomic E-state index is 15.2. The number of hydrogen-bond acceptors (Lipinski definition) is 14. The van der Waals surface area contributed by atoms with E-state index >= 15 is 4.39 Å². The van der Waals surface area contributed by atoms with Gasteiger partial charge >= 0.3 is 0 Å². The van der Waals surface area contributed by atoms with Crippen molar-refractivity contribution in [3.63, 3.8) is 0 Å². The molecular formula is C48H58FN11O6S. The van der Waals surface area contributed by atoms with Gasteiger partial charge in [-0.2, -0.15) is 0 Å². The van der Waals surface area contributed by atoms with Gasteiger partial charge < -0.3 is 35.8 Å². The van der Waals surface area contributed by atoms with Gasteiger partial charge in [0.05, 0.1) is 25.0 Å². The van der Waals surface area contributed by atoms with E-state index in [1.807, 2.05) is 36.5 Å². The molecule has 8 rings (SSSR count). The number of nitrogens with zero attached hydrogens (tertiary/aromatic N) is 7. The van der Waals surface area contributed by atoms with E-state index < -0.39 is 30.1 Å². The summed E-state index contributed by atoms with van der Waals surface area (Å²) < 4.78 is 21.2. The lowest BCUT2D eigenvalue weighted by molar-refractivity contribution is -0.137. The molecule has 0 spiro atoms. The number of unbranched alkanes of at least 4 members (excludes halogenated alkanes) is 4. The SMILES string of the molecule is CC1(N)CCN(c2cnc(Sc3cccc(NC(=O)CCCCCCCOC4CCN(c5ccc(C(=O)NCc6ccc7c(c6)CN(C6CCC(=O)NC6=O)C7=O)nn5)CC4F)c3)cn2)CC1. The average Bonchev–Trinajstić information content (AvgIpc) is 3.64. The summed E-state index contributed by atoms with van der Waals surface area (Å²) in [7, 11) is 0. The number of fused-ring (bicyclic) bond motifs is 1. The molecule has 3 fully saturated rings. The van der Waals surface area contributed by atoms with Crippen molar-refractivity contribution in [3.05, 3.63) is 89.4 Å². The van der Waals surface area contributed by atoms with Gasteiger partial charge in [-0.25, -0.2) is 14.4 Å². The Morgan fingerprint density at radius 2 is 1.75 bits per heavy atom. The van der Waals surface area contributed by atoms with Crippen LogP contribution in [0.5, 0.6) is 0 Å². The van der Waals surface area contributed by atoms with Crippen LogP contribution in [0, 0.1) is 0 Å². The molecule has 3 saturated heterocycles. The molecule has 354 valence electrons. The van der Waals surface area contributed by atoms with Crippen LogP contribution in [-0.4, -0.2) is 111 Å². The summed E-state index contributed by atoms with van der Waals surface area (Å²) in [5, 5.41) is 17.2. The van der Waals surface area contributed by atoms with Crippen LogP contribution < -0.4 is 31.5 Å². The van der Waals surface area contributed by atoms with Crippen molar-refractivity contribution < 1.29 is 33.1 Å². The minimum atomic E-state index is -1.20. The molecule has 2 aromatic carbocycles. The smallest absolute Gasteiger partial charge is 0.272 e. The lowest BCUT2D eigenvalue weighted by Crippen LogP contribution is -2.52. The topological polar surface area (TPSA) is 218 Å². The van der Waals surface area contributed by atoms with Gasteiger partial charge in [0.15, 0.2) is 11.5 Å². The van der Waals surface area contributed by atoms with Crippen molar-refractivity contribution in [1.29, 1.82) is 0 Å². The first-order valence-corrected chi connectivity index (χ1v) is 24.0. The number of nitrogens with two attached hydrogens (primary N) is 1. The van der Waals surface area contributed by atoms with Gasteiger partial charge in [0.25, 0.3) is 11.8 Å². The zero-order valence-electron chi connectivity index (χ0n) is 37.8. The molecule has 4 aliphatic heterocycles. The molecule has 4 aromatic rings. The molecule has 67 heavy (non-hydrogen) atoms. The Bertz CT molecular complexity index is 2420. The Morgan fingerprint density at radius 1 is 0.925 bits per heavy atom. The van der Waals surface area contributed by atoms with Gasteiger partial charge in [0.2, 0.25) is 17.7 Å². The second kappa shape index (κ2) is 21.7. The quantitative estimate of drug-likeness (QED) is 0.0732. The highest BCUT2D eigenvalue weighted by molar-refractivity contribution is 7.99.